The maximum absolute atomic E-state index is 12.5. The number of hydrogen-bond acceptors (Lipinski definition) is 4. The summed E-state index contributed by atoms with van der Waals surface area (Å²) in [6, 6.07) is 7.64. The number of fused-ring (bicyclic) bond motifs is 1. The van der Waals surface area contributed by atoms with Gasteiger partial charge in [0.2, 0.25) is 5.91 Å². The molecule has 1 aromatic heterocycles. The van der Waals surface area contributed by atoms with Gasteiger partial charge in [0.25, 0.3) is 5.56 Å². The molecule has 0 fully saturated rings. The molecule has 2 heterocycles. The van der Waals surface area contributed by atoms with Gasteiger partial charge in [0.05, 0.1) is 24.9 Å². The minimum Gasteiger partial charge on any atom is -0.496 e. The zero-order valence-electron chi connectivity index (χ0n) is 14.2. The average molecular weight is 362 g/mol. The number of halogens is 1. The number of aromatic nitrogens is 2. The highest BCUT2D eigenvalue weighted by Crippen LogP contribution is 2.21. The van der Waals surface area contributed by atoms with Crippen molar-refractivity contribution in [2.24, 2.45) is 0 Å². The van der Waals surface area contributed by atoms with E-state index in [1.54, 1.807) is 18.9 Å². The number of para-hydroxylation sites is 1. The molecule has 3 rings (SSSR count). The van der Waals surface area contributed by atoms with E-state index >= 15 is 0 Å². The van der Waals surface area contributed by atoms with Crippen LogP contribution in [0.25, 0.3) is 0 Å². The Hall–Kier alpha value is -2.34. The SMILES string of the molecule is COc1ccccc1Cc1nc2c(c(=O)[nH]1)CN(C(=O)C(C)Cl)CC2. The molecule has 132 valence electrons. The molecule has 0 saturated carbocycles. The molecule has 0 bridgehead atoms. The summed E-state index contributed by atoms with van der Waals surface area (Å²) in [6.07, 6.45) is 1.03. The molecule has 0 spiro atoms. The first-order chi connectivity index (χ1) is 12.0. The fourth-order valence-corrected chi connectivity index (χ4v) is 3.17. The van der Waals surface area contributed by atoms with Crippen molar-refractivity contribution in [3.63, 3.8) is 0 Å². The van der Waals surface area contributed by atoms with E-state index in [1.807, 2.05) is 24.3 Å². The second-order valence-electron chi connectivity index (χ2n) is 6.05. The lowest BCUT2D eigenvalue weighted by Crippen LogP contribution is -2.42. The number of rotatable bonds is 4. The molecule has 1 aromatic carbocycles. The van der Waals surface area contributed by atoms with E-state index in [-0.39, 0.29) is 18.0 Å². The van der Waals surface area contributed by atoms with Crippen molar-refractivity contribution < 1.29 is 9.53 Å². The lowest BCUT2D eigenvalue weighted by atomic mass is 10.1. The van der Waals surface area contributed by atoms with Crippen LogP contribution in [-0.2, 0) is 24.2 Å². The third-order valence-corrected chi connectivity index (χ3v) is 4.51. The molecular weight excluding hydrogens is 342 g/mol. The number of ether oxygens (including phenoxy) is 1. The van der Waals surface area contributed by atoms with E-state index in [2.05, 4.69) is 9.97 Å². The molecule has 1 unspecified atom stereocenters. The van der Waals surface area contributed by atoms with Crippen molar-refractivity contribution in [1.29, 1.82) is 0 Å². The number of nitrogens with one attached hydrogen (secondary N) is 1. The molecular formula is C18H20ClN3O3. The quantitative estimate of drug-likeness (QED) is 0.844. The van der Waals surface area contributed by atoms with Crippen LogP contribution in [0.15, 0.2) is 29.1 Å². The van der Waals surface area contributed by atoms with Gasteiger partial charge in [0, 0.05) is 24.9 Å². The van der Waals surface area contributed by atoms with E-state index in [1.165, 1.54) is 0 Å². The predicted molar refractivity (Wildman–Crippen MR) is 95.1 cm³/mol. The van der Waals surface area contributed by atoms with Gasteiger partial charge in [-0.2, -0.15) is 0 Å². The van der Waals surface area contributed by atoms with E-state index in [0.717, 1.165) is 17.0 Å². The Morgan fingerprint density at radius 2 is 2.20 bits per heavy atom. The monoisotopic (exact) mass is 361 g/mol. The van der Waals surface area contributed by atoms with Gasteiger partial charge in [-0.3, -0.25) is 9.59 Å². The lowest BCUT2D eigenvalue weighted by molar-refractivity contribution is -0.131. The molecule has 7 heteroatoms. The van der Waals surface area contributed by atoms with E-state index in [0.29, 0.717) is 30.8 Å². The van der Waals surface area contributed by atoms with E-state index < -0.39 is 5.38 Å². The summed E-state index contributed by atoms with van der Waals surface area (Å²) >= 11 is 5.87. The largest absolute Gasteiger partial charge is 0.496 e. The summed E-state index contributed by atoms with van der Waals surface area (Å²) in [5.41, 5.74) is 2.05. The van der Waals surface area contributed by atoms with Crippen LogP contribution in [0, 0.1) is 0 Å². The minimum absolute atomic E-state index is 0.162. The van der Waals surface area contributed by atoms with Crippen LogP contribution in [0.3, 0.4) is 0 Å². The summed E-state index contributed by atoms with van der Waals surface area (Å²) in [5, 5.41) is -0.599. The number of methoxy groups -OCH3 is 1. The highest BCUT2D eigenvalue weighted by molar-refractivity contribution is 6.30. The summed E-state index contributed by atoms with van der Waals surface area (Å²) in [5.74, 6) is 1.19. The van der Waals surface area contributed by atoms with Gasteiger partial charge in [-0.1, -0.05) is 18.2 Å². The van der Waals surface area contributed by atoms with Crippen LogP contribution in [0.5, 0.6) is 5.75 Å². The average Bonchev–Trinajstić information content (AvgIpc) is 2.61. The molecule has 2 aromatic rings. The van der Waals surface area contributed by atoms with Crippen LogP contribution in [-0.4, -0.2) is 39.8 Å². The van der Waals surface area contributed by atoms with Crippen molar-refractivity contribution >= 4 is 17.5 Å². The Labute approximate surface area is 150 Å². The van der Waals surface area contributed by atoms with Gasteiger partial charge in [0.1, 0.15) is 17.0 Å². The number of alkyl halides is 1. The number of carbonyl (C=O) groups is 1. The lowest BCUT2D eigenvalue weighted by Gasteiger charge is -2.28. The number of carbonyl (C=O) groups excluding carboxylic acids is 1. The zero-order chi connectivity index (χ0) is 18.0. The van der Waals surface area contributed by atoms with Gasteiger partial charge in [-0.25, -0.2) is 4.98 Å². The second-order valence-corrected chi connectivity index (χ2v) is 6.71. The number of nitrogens with zero attached hydrogens (tertiary/aromatic N) is 2. The van der Waals surface area contributed by atoms with Crippen LogP contribution in [0.2, 0.25) is 0 Å². The fourth-order valence-electron chi connectivity index (χ4n) is 3.03. The molecule has 25 heavy (non-hydrogen) atoms. The highest BCUT2D eigenvalue weighted by Gasteiger charge is 2.26. The van der Waals surface area contributed by atoms with Crippen LogP contribution in [0.4, 0.5) is 0 Å². The third kappa shape index (κ3) is 3.69. The first-order valence-electron chi connectivity index (χ1n) is 8.15. The van der Waals surface area contributed by atoms with Crippen LogP contribution in [0.1, 0.15) is 29.6 Å². The molecule has 0 radical (unpaired) electrons. The minimum atomic E-state index is -0.599. The van der Waals surface area contributed by atoms with Gasteiger partial charge in [-0.05, 0) is 13.0 Å². The Bertz CT molecular complexity index is 848. The summed E-state index contributed by atoms with van der Waals surface area (Å²) in [6.45, 7) is 2.41. The van der Waals surface area contributed by atoms with Crippen molar-refractivity contribution in [3.8, 4) is 5.75 Å². The number of amides is 1. The third-order valence-electron chi connectivity index (χ3n) is 4.32. The van der Waals surface area contributed by atoms with Crippen molar-refractivity contribution in [2.45, 2.75) is 31.7 Å². The number of benzene rings is 1. The molecule has 0 aliphatic carbocycles. The number of H-pyrrole nitrogens is 1. The second kappa shape index (κ2) is 7.27. The highest BCUT2D eigenvalue weighted by atomic mass is 35.5. The summed E-state index contributed by atoms with van der Waals surface area (Å²) in [7, 11) is 1.62. The standard InChI is InChI=1S/C18H20ClN3O3/c1-11(19)18(24)22-8-7-14-13(10-22)17(23)21-16(20-14)9-12-5-3-4-6-15(12)25-2/h3-6,11H,7-10H2,1-2H3,(H,20,21,23). The molecule has 6 nitrogen and oxygen atoms in total. The van der Waals surface area contributed by atoms with Crippen molar-refractivity contribution in [3.05, 3.63) is 57.3 Å². The smallest absolute Gasteiger partial charge is 0.256 e. The van der Waals surface area contributed by atoms with Gasteiger partial charge < -0.3 is 14.6 Å². The molecule has 0 saturated heterocycles. The van der Waals surface area contributed by atoms with Gasteiger partial charge in [0.15, 0.2) is 0 Å². The van der Waals surface area contributed by atoms with Crippen LogP contribution >= 0.6 is 11.6 Å². The number of aromatic amines is 1. The fraction of sp³-hybridized carbons (Fsp3) is 0.389. The molecule has 1 aliphatic rings. The zero-order valence-corrected chi connectivity index (χ0v) is 15.0. The maximum Gasteiger partial charge on any atom is 0.256 e. The van der Waals surface area contributed by atoms with Gasteiger partial charge >= 0.3 is 0 Å². The molecule has 1 amide bonds. The van der Waals surface area contributed by atoms with Crippen molar-refractivity contribution in [1.82, 2.24) is 14.9 Å². The summed E-state index contributed by atoms with van der Waals surface area (Å²) < 4.78 is 5.35. The first kappa shape index (κ1) is 17.5. The topological polar surface area (TPSA) is 75.3 Å². The first-order valence-corrected chi connectivity index (χ1v) is 8.59. The Morgan fingerprint density at radius 1 is 1.44 bits per heavy atom. The van der Waals surface area contributed by atoms with Crippen LogP contribution < -0.4 is 10.3 Å². The Kier molecular flexibility index (Phi) is 5.08. The Morgan fingerprint density at radius 3 is 2.92 bits per heavy atom. The normalized spacial score (nSPS) is 14.8. The molecule has 1 atom stereocenters. The van der Waals surface area contributed by atoms with E-state index in [4.69, 9.17) is 16.3 Å². The molecule has 1 aliphatic heterocycles. The van der Waals surface area contributed by atoms with Crippen molar-refractivity contribution in [2.75, 3.05) is 13.7 Å². The van der Waals surface area contributed by atoms with Gasteiger partial charge in [-0.15, -0.1) is 11.6 Å². The summed E-state index contributed by atoms with van der Waals surface area (Å²) in [4.78, 5) is 33.6. The Balaban J connectivity index is 1.86. The van der Waals surface area contributed by atoms with E-state index in [9.17, 15) is 9.59 Å². The predicted octanol–water partition coefficient (Wildman–Crippen LogP) is 1.88. The number of hydrogen-bond donors (Lipinski definition) is 1. The molecule has 1 N–H and O–H groups in total. The maximum atomic E-state index is 12.5.